The first-order valence-electron chi connectivity index (χ1n) is 8.98. The number of halogens is 2. The van der Waals surface area contributed by atoms with Crippen LogP contribution in [0.15, 0.2) is 53.9 Å². The van der Waals surface area contributed by atoms with Crippen LogP contribution >= 0.6 is 0 Å². The number of anilines is 2. The van der Waals surface area contributed by atoms with Crippen LogP contribution in [0.5, 0.6) is 0 Å². The molecular weight excluding hydrogens is 376 g/mol. The van der Waals surface area contributed by atoms with Gasteiger partial charge >= 0.3 is 0 Å². The van der Waals surface area contributed by atoms with Gasteiger partial charge in [0.25, 0.3) is 0 Å². The molecule has 3 aromatic rings. The number of hydrogen-bond acceptors (Lipinski definition) is 6. The zero-order valence-electron chi connectivity index (χ0n) is 15.9. The first kappa shape index (κ1) is 18.9. The van der Waals surface area contributed by atoms with Gasteiger partial charge in [-0.1, -0.05) is 0 Å². The molecular formula is C21H19F2N5O. The lowest BCUT2D eigenvalue weighted by molar-refractivity contribution is 0.235. The lowest BCUT2D eigenvalue weighted by Gasteiger charge is -2.31. The van der Waals surface area contributed by atoms with Crippen molar-refractivity contribution >= 4 is 23.4 Å². The van der Waals surface area contributed by atoms with Gasteiger partial charge in [0.05, 0.1) is 30.3 Å². The average Bonchev–Trinajstić information content (AvgIpc) is 2.72. The van der Waals surface area contributed by atoms with Gasteiger partial charge in [-0.05, 0) is 35.9 Å². The van der Waals surface area contributed by atoms with E-state index in [1.165, 1.54) is 29.4 Å². The van der Waals surface area contributed by atoms with E-state index in [2.05, 4.69) is 15.0 Å². The van der Waals surface area contributed by atoms with E-state index in [1.54, 1.807) is 30.6 Å². The molecule has 1 aliphatic heterocycles. The predicted octanol–water partition coefficient (Wildman–Crippen LogP) is 3.53. The van der Waals surface area contributed by atoms with E-state index < -0.39 is 17.9 Å². The molecule has 6 nitrogen and oxygen atoms in total. The van der Waals surface area contributed by atoms with Crippen molar-refractivity contribution in [3.05, 3.63) is 66.1 Å². The average molecular weight is 395 g/mol. The Kier molecular flexibility index (Phi) is 4.94. The number of aromatic nitrogens is 2. The molecule has 8 heteroatoms. The maximum absolute atomic E-state index is 14.8. The molecule has 0 amide bonds. The lowest BCUT2D eigenvalue weighted by Crippen LogP contribution is -2.38. The summed E-state index contributed by atoms with van der Waals surface area (Å²) in [4.78, 5) is 15.7. The Morgan fingerprint density at radius 2 is 1.83 bits per heavy atom. The van der Waals surface area contributed by atoms with E-state index in [9.17, 15) is 13.9 Å². The first-order valence-corrected chi connectivity index (χ1v) is 8.98. The molecule has 0 spiro atoms. The number of rotatable bonds is 4. The molecule has 3 heterocycles. The summed E-state index contributed by atoms with van der Waals surface area (Å²) in [5.74, 6) is -0.645. The number of nitrogens with zero attached hydrogens (tertiary/aromatic N) is 5. The van der Waals surface area contributed by atoms with Crippen molar-refractivity contribution < 1.29 is 13.9 Å². The fraction of sp³-hybridized carbons (Fsp3) is 0.190. The molecule has 1 unspecified atom stereocenters. The minimum absolute atomic E-state index is 0.143. The minimum Gasteiger partial charge on any atom is -0.368 e. The van der Waals surface area contributed by atoms with Gasteiger partial charge in [-0.15, -0.1) is 0 Å². The van der Waals surface area contributed by atoms with Crippen LogP contribution in [0.4, 0.5) is 26.0 Å². The maximum Gasteiger partial charge on any atom is 0.163 e. The highest BCUT2D eigenvalue weighted by Gasteiger charge is 2.25. The molecule has 0 saturated carbocycles. The molecule has 4 rings (SSSR count). The maximum atomic E-state index is 14.8. The number of aliphatic hydroxyl groups excluding tert-OH is 1. The summed E-state index contributed by atoms with van der Waals surface area (Å²) in [6, 6.07) is 7.78. The van der Waals surface area contributed by atoms with Crippen molar-refractivity contribution in [3.63, 3.8) is 0 Å². The second-order valence-corrected chi connectivity index (χ2v) is 6.90. The molecule has 2 aromatic heterocycles. The molecule has 0 saturated heterocycles. The van der Waals surface area contributed by atoms with Crippen molar-refractivity contribution in [2.75, 3.05) is 23.9 Å². The molecule has 148 valence electrons. The van der Waals surface area contributed by atoms with E-state index >= 15 is 0 Å². The second-order valence-electron chi connectivity index (χ2n) is 6.90. The summed E-state index contributed by atoms with van der Waals surface area (Å²) in [6.07, 6.45) is 4.88. The number of hydrogen-bond donors (Lipinski definition) is 1. The van der Waals surface area contributed by atoms with Gasteiger partial charge in [0, 0.05) is 37.6 Å². The summed E-state index contributed by atoms with van der Waals surface area (Å²) < 4.78 is 29.7. The van der Waals surface area contributed by atoms with Crippen LogP contribution in [0.2, 0.25) is 0 Å². The zero-order chi connectivity index (χ0) is 20.5. The summed E-state index contributed by atoms with van der Waals surface area (Å²) in [5, 5.41) is 10.3. The van der Waals surface area contributed by atoms with Crippen LogP contribution in [0.3, 0.4) is 0 Å². The Balaban J connectivity index is 1.65. The van der Waals surface area contributed by atoms with Crippen molar-refractivity contribution in [1.29, 1.82) is 0 Å². The van der Waals surface area contributed by atoms with Gasteiger partial charge in [0.15, 0.2) is 6.23 Å². The second kappa shape index (κ2) is 7.56. The Morgan fingerprint density at radius 3 is 2.48 bits per heavy atom. The van der Waals surface area contributed by atoms with Gasteiger partial charge in [-0.3, -0.25) is 9.98 Å². The number of fused-ring (bicyclic) bond motifs is 1. The highest BCUT2D eigenvalue weighted by Crippen LogP contribution is 2.34. The topological polar surface area (TPSA) is 64.8 Å². The third-order valence-electron chi connectivity index (χ3n) is 4.76. The molecule has 0 radical (unpaired) electrons. The Morgan fingerprint density at radius 1 is 1.07 bits per heavy atom. The normalized spacial score (nSPS) is 15.3. The predicted molar refractivity (Wildman–Crippen MR) is 108 cm³/mol. The molecule has 0 aliphatic carbocycles. The summed E-state index contributed by atoms with van der Waals surface area (Å²) in [7, 11) is 3.73. The summed E-state index contributed by atoms with van der Waals surface area (Å²) in [5.41, 5.74) is 1.95. The number of aliphatic hydroxyl groups is 1. The Bertz CT molecular complexity index is 1050. The van der Waals surface area contributed by atoms with E-state index in [1.807, 2.05) is 19.0 Å². The molecule has 1 atom stereocenters. The summed E-state index contributed by atoms with van der Waals surface area (Å²) in [6.45, 7) is -0.165. The van der Waals surface area contributed by atoms with E-state index in [0.717, 1.165) is 5.82 Å². The Labute approximate surface area is 166 Å². The minimum atomic E-state index is -1.10. The molecule has 29 heavy (non-hydrogen) atoms. The first-order chi connectivity index (χ1) is 13.9. The lowest BCUT2D eigenvalue weighted by atomic mass is 10.0. The molecule has 0 fully saturated rings. The van der Waals surface area contributed by atoms with E-state index in [4.69, 9.17) is 0 Å². The zero-order valence-corrected chi connectivity index (χ0v) is 15.9. The SMILES string of the molecule is CN(C)c1ccc(-c2cc(F)c(CN3c4cnccc4N=CC3O)c(F)c2)cn1. The number of benzene rings is 1. The van der Waals surface area contributed by atoms with Crippen LogP contribution in [-0.2, 0) is 6.54 Å². The van der Waals surface area contributed by atoms with Crippen LogP contribution in [0, 0.1) is 11.6 Å². The van der Waals surface area contributed by atoms with Crippen LogP contribution in [0.25, 0.3) is 11.1 Å². The molecule has 1 aromatic carbocycles. The smallest absolute Gasteiger partial charge is 0.163 e. The Hall–Kier alpha value is -3.39. The van der Waals surface area contributed by atoms with E-state index in [0.29, 0.717) is 22.5 Å². The molecule has 1 N–H and O–H groups in total. The van der Waals surface area contributed by atoms with Gasteiger partial charge in [0.1, 0.15) is 17.5 Å². The van der Waals surface area contributed by atoms with Gasteiger partial charge in [0.2, 0.25) is 0 Å². The monoisotopic (exact) mass is 395 g/mol. The van der Waals surface area contributed by atoms with Gasteiger partial charge in [-0.25, -0.2) is 13.8 Å². The van der Waals surface area contributed by atoms with Crippen molar-refractivity contribution in [1.82, 2.24) is 9.97 Å². The third-order valence-corrected chi connectivity index (χ3v) is 4.76. The number of aliphatic imine (C=N–C) groups is 1. The van der Waals surface area contributed by atoms with Crippen molar-refractivity contribution in [2.45, 2.75) is 12.8 Å². The van der Waals surface area contributed by atoms with Crippen molar-refractivity contribution in [2.24, 2.45) is 4.99 Å². The fourth-order valence-corrected chi connectivity index (χ4v) is 3.17. The quantitative estimate of drug-likeness (QED) is 0.732. The molecule has 1 aliphatic rings. The van der Waals surface area contributed by atoms with Crippen LogP contribution < -0.4 is 9.80 Å². The summed E-state index contributed by atoms with van der Waals surface area (Å²) >= 11 is 0. The highest BCUT2D eigenvalue weighted by molar-refractivity contribution is 5.82. The largest absolute Gasteiger partial charge is 0.368 e. The van der Waals surface area contributed by atoms with Gasteiger partial charge < -0.3 is 14.9 Å². The highest BCUT2D eigenvalue weighted by atomic mass is 19.1. The third kappa shape index (κ3) is 3.66. The molecule has 0 bridgehead atoms. The van der Waals surface area contributed by atoms with Crippen LogP contribution in [0.1, 0.15) is 5.56 Å². The number of pyridine rings is 2. The van der Waals surface area contributed by atoms with Gasteiger partial charge in [-0.2, -0.15) is 0 Å². The van der Waals surface area contributed by atoms with Crippen LogP contribution in [-0.4, -0.2) is 41.6 Å². The standard InChI is InChI=1S/C21H19F2N5O/c1-27(2)20-4-3-13(9-26-20)14-7-16(22)15(17(23)8-14)12-28-19-10-24-6-5-18(19)25-11-21(28)29/h3-11,21,29H,12H2,1-2H3. The fourth-order valence-electron chi connectivity index (χ4n) is 3.17. The van der Waals surface area contributed by atoms with E-state index in [-0.39, 0.29) is 12.1 Å². The van der Waals surface area contributed by atoms with Crippen molar-refractivity contribution in [3.8, 4) is 11.1 Å².